The number of benzene rings is 3. The molecule has 1 saturated heterocycles. The first-order valence-electron chi connectivity index (χ1n) is 16.4. The number of aryl methyl sites for hydroxylation is 4. The van der Waals surface area contributed by atoms with Crippen molar-refractivity contribution < 1.29 is 0 Å². The normalized spacial score (nSPS) is 13.2. The molecule has 6 rings (SSSR count). The Bertz CT molecular complexity index is 1800. The molecule has 0 saturated carbocycles. The van der Waals surface area contributed by atoms with Crippen LogP contribution in [0.25, 0.3) is 22.4 Å². The van der Waals surface area contributed by atoms with Crippen LogP contribution in [-0.4, -0.2) is 34.0 Å². The molecule has 1 aliphatic heterocycles. The molecule has 0 unspecified atom stereocenters. The lowest BCUT2D eigenvalue weighted by atomic mass is 9.96. The highest BCUT2D eigenvalue weighted by Gasteiger charge is 2.26. The van der Waals surface area contributed by atoms with E-state index in [0.29, 0.717) is 6.04 Å². The van der Waals surface area contributed by atoms with Gasteiger partial charge in [0.05, 0.1) is 5.69 Å². The van der Waals surface area contributed by atoms with Gasteiger partial charge < -0.3 is 4.90 Å². The first-order valence-corrected chi connectivity index (χ1v) is 16.8. The van der Waals surface area contributed by atoms with Crippen LogP contribution >= 0.6 is 48.8 Å². The Morgan fingerprint density at radius 1 is 0.673 bits per heavy atom. The van der Waals surface area contributed by atoms with E-state index in [1.807, 2.05) is 30.7 Å². The predicted octanol–water partition coefficient (Wildman–Crippen LogP) is 11.3. The SMILES string of the molecule is Cc1cc(-c2cncc(CN(c3ccc(Cl)cc3)C3CCN(Cc4ccnc(-c5cc(C)c(C)c(C)c5)c4)CC3)c2)cc(C)c1C.Cl.Cl.Cl. The Labute approximate surface area is 316 Å². The van der Waals surface area contributed by atoms with Crippen molar-refractivity contribution >= 4 is 54.5 Å². The highest BCUT2D eigenvalue weighted by atomic mass is 35.5. The van der Waals surface area contributed by atoms with Crippen LogP contribution in [0.1, 0.15) is 57.3 Å². The molecule has 3 heterocycles. The molecule has 260 valence electrons. The molecule has 0 amide bonds. The van der Waals surface area contributed by atoms with Crippen molar-refractivity contribution in [3.8, 4) is 22.4 Å². The Hall–Kier alpha value is -3.12. The van der Waals surface area contributed by atoms with E-state index in [1.54, 1.807) is 0 Å². The van der Waals surface area contributed by atoms with E-state index in [2.05, 4.69) is 111 Å². The predicted molar refractivity (Wildman–Crippen MR) is 215 cm³/mol. The summed E-state index contributed by atoms with van der Waals surface area (Å²) in [4.78, 5) is 14.6. The maximum absolute atomic E-state index is 6.32. The molecular weight excluding hydrogens is 690 g/mol. The number of rotatable bonds is 8. The van der Waals surface area contributed by atoms with Crippen LogP contribution in [0, 0.1) is 41.5 Å². The summed E-state index contributed by atoms with van der Waals surface area (Å²) in [7, 11) is 0. The van der Waals surface area contributed by atoms with Gasteiger partial charge in [-0.05, 0) is 159 Å². The van der Waals surface area contributed by atoms with Gasteiger partial charge in [-0.1, -0.05) is 23.7 Å². The minimum absolute atomic E-state index is 0. The number of likely N-dealkylation sites (tertiary alicyclic amines) is 1. The Balaban J connectivity index is 0.00000217. The van der Waals surface area contributed by atoms with Crippen LogP contribution in [0.15, 0.2) is 85.3 Å². The summed E-state index contributed by atoms with van der Waals surface area (Å²) in [6.07, 6.45) is 8.17. The van der Waals surface area contributed by atoms with Gasteiger partial charge >= 0.3 is 0 Å². The second kappa shape index (κ2) is 17.7. The number of hydrogen-bond acceptors (Lipinski definition) is 4. The van der Waals surface area contributed by atoms with Crippen molar-refractivity contribution in [2.45, 2.75) is 73.5 Å². The zero-order chi connectivity index (χ0) is 32.4. The fraction of sp³-hybridized carbons (Fsp3) is 0.317. The molecule has 1 fully saturated rings. The van der Waals surface area contributed by atoms with Gasteiger partial charge in [0, 0.05) is 72.6 Å². The van der Waals surface area contributed by atoms with Gasteiger partial charge in [0.25, 0.3) is 0 Å². The third-order valence-corrected chi connectivity index (χ3v) is 10.3. The third kappa shape index (κ3) is 9.57. The molecule has 0 spiro atoms. The number of anilines is 1. The lowest BCUT2D eigenvalue weighted by Gasteiger charge is -2.40. The summed E-state index contributed by atoms with van der Waals surface area (Å²) in [6.45, 7) is 17.0. The van der Waals surface area contributed by atoms with Gasteiger partial charge in [0.15, 0.2) is 0 Å². The lowest BCUT2D eigenvalue weighted by molar-refractivity contribution is 0.201. The first kappa shape index (κ1) is 40.3. The van der Waals surface area contributed by atoms with Crippen LogP contribution in [0.2, 0.25) is 5.02 Å². The van der Waals surface area contributed by atoms with Crippen molar-refractivity contribution in [2.24, 2.45) is 0 Å². The minimum Gasteiger partial charge on any atom is -0.364 e. The maximum Gasteiger partial charge on any atom is 0.0705 e. The fourth-order valence-corrected chi connectivity index (χ4v) is 6.88. The van der Waals surface area contributed by atoms with E-state index < -0.39 is 0 Å². The fourth-order valence-electron chi connectivity index (χ4n) is 6.76. The van der Waals surface area contributed by atoms with E-state index >= 15 is 0 Å². The zero-order valence-corrected chi connectivity index (χ0v) is 32.5. The highest BCUT2D eigenvalue weighted by molar-refractivity contribution is 6.30. The van der Waals surface area contributed by atoms with Gasteiger partial charge in [-0.15, -0.1) is 37.2 Å². The molecule has 0 N–H and O–H groups in total. The molecule has 49 heavy (non-hydrogen) atoms. The van der Waals surface area contributed by atoms with E-state index in [0.717, 1.165) is 49.7 Å². The Kier molecular flexibility index (Phi) is 14.6. The molecule has 0 aliphatic carbocycles. The van der Waals surface area contributed by atoms with E-state index in [1.165, 1.54) is 66.9 Å². The van der Waals surface area contributed by atoms with Gasteiger partial charge in [-0.2, -0.15) is 0 Å². The molecule has 0 bridgehead atoms. The summed E-state index contributed by atoms with van der Waals surface area (Å²) >= 11 is 6.32. The van der Waals surface area contributed by atoms with E-state index in [9.17, 15) is 0 Å². The molecule has 5 aromatic rings. The summed E-state index contributed by atoms with van der Waals surface area (Å²) in [6, 6.07) is 24.6. The number of hydrogen-bond donors (Lipinski definition) is 0. The molecule has 0 atom stereocenters. The monoisotopic (exact) mass is 736 g/mol. The average Bonchev–Trinajstić information content (AvgIpc) is 3.06. The minimum atomic E-state index is 0. The summed E-state index contributed by atoms with van der Waals surface area (Å²) in [5, 5.41) is 0.764. The van der Waals surface area contributed by atoms with Gasteiger partial charge in [-0.25, -0.2) is 0 Å². The summed E-state index contributed by atoms with van der Waals surface area (Å²) in [5.41, 5.74) is 16.4. The Morgan fingerprint density at radius 3 is 1.84 bits per heavy atom. The van der Waals surface area contributed by atoms with Crippen LogP contribution in [0.3, 0.4) is 0 Å². The lowest BCUT2D eigenvalue weighted by Crippen LogP contribution is -2.44. The molecule has 8 heteroatoms. The van der Waals surface area contributed by atoms with Gasteiger partial charge in [0.1, 0.15) is 0 Å². The van der Waals surface area contributed by atoms with Crippen LogP contribution in [0.5, 0.6) is 0 Å². The molecule has 3 aromatic carbocycles. The number of halogens is 4. The van der Waals surface area contributed by atoms with Crippen molar-refractivity contribution in [3.05, 3.63) is 135 Å². The van der Waals surface area contributed by atoms with Crippen molar-refractivity contribution in [1.29, 1.82) is 0 Å². The van der Waals surface area contributed by atoms with Crippen molar-refractivity contribution in [1.82, 2.24) is 14.9 Å². The molecule has 2 aromatic heterocycles. The standard InChI is InChI=1S/C41H45ClN4.3ClH/c1-27-17-35(18-28(2)31(27)5)37-21-34(23-43-24-37)26-46(39-9-7-38(42)8-10-39)40-12-15-45(16-13-40)25-33-11-14-44-41(22-33)36-19-29(3)32(6)30(4)20-36;;;/h7-11,14,17-24,40H,12-13,15-16,25-26H2,1-6H3;3*1H. The number of piperidine rings is 1. The topological polar surface area (TPSA) is 32.3 Å². The molecule has 1 aliphatic rings. The van der Waals surface area contributed by atoms with Crippen molar-refractivity contribution in [2.75, 3.05) is 18.0 Å². The number of aromatic nitrogens is 2. The van der Waals surface area contributed by atoms with Crippen LogP contribution < -0.4 is 4.90 Å². The highest BCUT2D eigenvalue weighted by Crippen LogP contribution is 2.30. The van der Waals surface area contributed by atoms with Crippen LogP contribution in [0.4, 0.5) is 5.69 Å². The maximum atomic E-state index is 6.32. The van der Waals surface area contributed by atoms with Crippen molar-refractivity contribution in [3.63, 3.8) is 0 Å². The zero-order valence-electron chi connectivity index (χ0n) is 29.3. The second-order valence-corrected chi connectivity index (χ2v) is 13.6. The third-order valence-electron chi connectivity index (χ3n) is 10.0. The van der Waals surface area contributed by atoms with E-state index in [4.69, 9.17) is 16.6 Å². The smallest absolute Gasteiger partial charge is 0.0705 e. The van der Waals surface area contributed by atoms with Gasteiger partial charge in [0.2, 0.25) is 0 Å². The molecular formula is C41H48Cl4N4. The molecule has 4 nitrogen and oxygen atoms in total. The first-order chi connectivity index (χ1) is 22.1. The van der Waals surface area contributed by atoms with E-state index in [-0.39, 0.29) is 37.2 Å². The summed E-state index contributed by atoms with van der Waals surface area (Å²) < 4.78 is 0. The number of pyridine rings is 2. The average molecular weight is 739 g/mol. The largest absolute Gasteiger partial charge is 0.364 e. The summed E-state index contributed by atoms with van der Waals surface area (Å²) in [5.74, 6) is 0. The quantitative estimate of drug-likeness (QED) is 0.159. The second-order valence-electron chi connectivity index (χ2n) is 13.2. The van der Waals surface area contributed by atoms with Gasteiger partial charge in [-0.3, -0.25) is 14.9 Å². The molecule has 0 radical (unpaired) electrons. The van der Waals surface area contributed by atoms with Crippen LogP contribution in [-0.2, 0) is 13.1 Å². The Morgan fingerprint density at radius 2 is 1.24 bits per heavy atom. The number of nitrogens with zero attached hydrogens (tertiary/aromatic N) is 4.